The van der Waals surface area contributed by atoms with E-state index in [0.29, 0.717) is 41.2 Å². The van der Waals surface area contributed by atoms with Gasteiger partial charge in [-0.25, -0.2) is 4.39 Å². The summed E-state index contributed by atoms with van der Waals surface area (Å²) >= 11 is 0. The maximum Gasteiger partial charge on any atom is 0.269 e. The Balaban J connectivity index is 1.37. The molecule has 13 heteroatoms. The van der Waals surface area contributed by atoms with Crippen LogP contribution in [0.2, 0.25) is 0 Å². The number of nitro benzene ring substituents is 1. The lowest BCUT2D eigenvalue weighted by molar-refractivity contribution is -0.384. The SMILES string of the molecule is C=CCO[C@@]12Oc3ccc(OCc4ccccc4F)cc3[C@H]3[C@H](CCCCO)[C@@H](CCCCO)C=C(C(=NOCc4ccccc4)C[C@@H]1N(C)C(=O)C=Cc1ccc([N+](=O)[O-])cc1)[C@H]32. The van der Waals surface area contributed by atoms with Gasteiger partial charge in [-0.05, 0) is 96.7 Å². The number of carbonyl (C=O) groups excluding carboxylic acids is 1. The molecule has 3 aliphatic rings. The van der Waals surface area contributed by atoms with Crippen molar-refractivity contribution < 1.29 is 43.4 Å². The summed E-state index contributed by atoms with van der Waals surface area (Å²) in [6.07, 6.45) is 11.5. The van der Waals surface area contributed by atoms with Crippen molar-refractivity contribution in [2.45, 2.75) is 75.9 Å². The van der Waals surface area contributed by atoms with Gasteiger partial charge in [-0.15, -0.1) is 6.58 Å². The fourth-order valence-electron chi connectivity index (χ4n) is 9.50. The smallest absolute Gasteiger partial charge is 0.269 e. The molecule has 7 rings (SSSR count). The Morgan fingerprint density at radius 2 is 1.72 bits per heavy atom. The Morgan fingerprint density at radius 1 is 0.984 bits per heavy atom. The Labute approximate surface area is 373 Å². The van der Waals surface area contributed by atoms with E-state index in [1.54, 1.807) is 60.5 Å². The predicted octanol–water partition coefficient (Wildman–Crippen LogP) is 9.32. The van der Waals surface area contributed by atoms with E-state index in [2.05, 4.69) is 12.7 Å². The average Bonchev–Trinajstić information content (AvgIpc) is 3.31. The van der Waals surface area contributed by atoms with Crippen LogP contribution in [0.25, 0.3) is 6.08 Å². The van der Waals surface area contributed by atoms with Crippen molar-refractivity contribution in [3.05, 3.63) is 166 Å². The molecule has 12 nitrogen and oxygen atoms in total. The number of nitro groups is 1. The molecule has 1 fully saturated rings. The summed E-state index contributed by atoms with van der Waals surface area (Å²) in [6, 6.07) is 27.0. The molecule has 336 valence electrons. The normalized spacial score (nSPS) is 22.8. The molecular formula is C51H56FN3O9. The minimum absolute atomic E-state index is 0.0107. The predicted molar refractivity (Wildman–Crippen MR) is 242 cm³/mol. The van der Waals surface area contributed by atoms with Crippen LogP contribution in [0.15, 0.2) is 133 Å². The Bertz CT molecular complexity index is 2340. The summed E-state index contributed by atoms with van der Waals surface area (Å²) in [5.74, 6) is -1.92. The third-order valence-electron chi connectivity index (χ3n) is 12.6. The zero-order chi connectivity index (χ0) is 45.1. The van der Waals surface area contributed by atoms with E-state index in [9.17, 15) is 29.5 Å². The van der Waals surface area contributed by atoms with Crippen molar-refractivity contribution in [3.63, 3.8) is 0 Å². The number of allylic oxidation sites excluding steroid dienone is 1. The van der Waals surface area contributed by atoms with Crippen LogP contribution < -0.4 is 9.47 Å². The third-order valence-corrected chi connectivity index (χ3v) is 12.6. The molecule has 0 bridgehead atoms. The quantitative estimate of drug-likeness (QED) is 0.0274. The van der Waals surface area contributed by atoms with Gasteiger partial charge in [0.1, 0.15) is 36.6 Å². The van der Waals surface area contributed by atoms with E-state index in [0.717, 1.165) is 42.4 Å². The van der Waals surface area contributed by atoms with Crippen LogP contribution in [0, 0.1) is 33.7 Å². The van der Waals surface area contributed by atoms with Crippen molar-refractivity contribution in [2.24, 2.45) is 22.9 Å². The highest BCUT2D eigenvalue weighted by atomic mass is 19.1. The molecule has 0 aromatic heterocycles. The number of hydrogen-bond acceptors (Lipinski definition) is 10. The number of halogens is 1. The van der Waals surface area contributed by atoms with Crippen LogP contribution in [0.1, 0.15) is 73.1 Å². The van der Waals surface area contributed by atoms with Crippen molar-refractivity contribution in [1.29, 1.82) is 0 Å². The van der Waals surface area contributed by atoms with Crippen LogP contribution in [-0.2, 0) is 27.6 Å². The second kappa shape index (κ2) is 21.5. The minimum Gasteiger partial charge on any atom is -0.489 e. The van der Waals surface area contributed by atoms with Gasteiger partial charge in [-0.2, -0.15) is 0 Å². The van der Waals surface area contributed by atoms with E-state index >= 15 is 0 Å². The van der Waals surface area contributed by atoms with Gasteiger partial charge >= 0.3 is 0 Å². The lowest BCUT2D eigenvalue weighted by Crippen LogP contribution is -2.69. The first-order chi connectivity index (χ1) is 31.2. The van der Waals surface area contributed by atoms with Gasteiger partial charge in [0.15, 0.2) is 0 Å². The summed E-state index contributed by atoms with van der Waals surface area (Å²) in [7, 11) is 1.70. The molecule has 4 aromatic carbocycles. The van der Waals surface area contributed by atoms with Crippen LogP contribution in [0.5, 0.6) is 11.5 Å². The zero-order valence-electron chi connectivity index (χ0n) is 36.1. The molecule has 0 unspecified atom stereocenters. The van der Waals surface area contributed by atoms with Crippen molar-refractivity contribution in [1.82, 2.24) is 4.90 Å². The van der Waals surface area contributed by atoms with E-state index in [1.807, 2.05) is 42.5 Å². The van der Waals surface area contributed by atoms with Gasteiger partial charge in [0.25, 0.3) is 5.69 Å². The van der Waals surface area contributed by atoms with Crippen molar-refractivity contribution in [3.8, 4) is 11.5 Å². The van der Waals surface area contributed by atoms with Crippen LogP contribution in [-0.4, -0.2) is 70.4 Å². The number of nitrogens with zero attached hydrogens (tertiary/aromatic N) is 3. The number of benzene rings is 4. The first-order valence-electron chi connectivity index (χ1n) is 22.0. The molecule has 0 spiro atoms. The molecule has 1 aliphatic heterocycles. The highest BCUT2D eigenvalue weighted by molar-refractivity contribution is 6.03. The van der Waals surface area contributed by atoms with Gasteiger partial charge in [0.05, 0.1) is 23.2 Å². The lowest BCUT2D eigenvalue weighted by atomic mass is 9.55. The van der Waals surface area contributed by atoms with Gasteiger partial charge in [0, 0.05) is 61.9 Å². The van der Waals surface area contributed by atoms with E-state index in [-0.39, 0.29) is 74.6 Å². The fraction of sp³-hybridized carbons (Fsp3) is 0.373. The number of unbranched alkanes of at least 4 members (excludes halogenated alkanes) is 2. The van der Waals surface area contributed by atoms with Gasteiger partial charge in [-0.3, -0.25) is 14.9 Å². The molecule has 1 amide bonds. The second-order valence-corrected chi connectivity index (χ2v) is 16.5. The van der Waals surface area contributed by atoms with Crippen molar-refractivity contribution >= 4 is 23.4 Å². The Kier molecular flexibility index (Phi) is 15.4. The number of amides is 1. The first kappa shape index (κ1) is 45.9. The number of aliphatic hydroxyl groups is 2. The monoisotopic (exact) mass is 873 g/mol. The molecular weight excluding hydrogens is 818 g/mol. The number of hydrogen-bond donors (Lipinski definition) is 2. The summed E-state index contributed by atoms with van der Waals surface area (Å²) in [5, 5.41) is 36.0. The second-order valence-electron chi connectivity index (χ2n) is 16.5. The number of non-ortho nitro benzene ring substituents is 1. The lowest BCUT2D eigenvalue weighted by Gasteiger charge is -2.59. The van der Waals surface area contributed by atoms with Crippen LogP contribution in [0.4, 0.5) is 10.1 Å². The van der Waals surface area contributed by atoms with Gasteiger partial charge in [-0.1, -0.05) is 78.7 Å². The van der Waals surface area contributed by atoms with E-state index in [1.165, 1.54) is 24.3 Å². The molecule has 2 aliphatic carbocycles. The van der Waals surface area contributed by atoms with Gasteiger partial charge in [0.2, 0.25) is 11.7 Å². The molecule has 4 aromatic rings. The summed E-state index contributed by atoms with van der Waals surface area (Å²) in [6.45, 7) is 4.44. The summed E-state index contributed by atoms with van der Waals surface area (Å²) < 4.78 is 35.2. The number of likely N-dealkylation sites (N-methyl/N-ethyl adjacent to an activating group) is 1. The Hall–Kier alpha value is -6.15. The summed E-state index contributed by atoms with van der Waals surface area (Å²) in [4.78, 5) is 33.0. The van der Waals surface area contributed by atoms with E-state index < -0.39 is 22.7 Å². The number of oxime groups is 1. The first-order valence-corrected chi connectivity index (χ1v) is 22.0. The standard InChI is InChI=1S/C51H56FN3O9/c1-3-29-62-51-47(54(2)48(58)26-21-35-19-22-39(23-20-35)55(59)60)32-45(53-63-33-36-13-5-4-6-14-36)42-30-37(15-9-11-27-56)41(17-10-12-28-57)49(50(42)51)43-31-40(24-25-46(43)64-51)61-34-38-16-7-8-18-44(38)52/h3-8,13-14,16,18-26,30-31,37,41,47,49-50,56-57H,1,9-12,15,17,27-29,32-34H2,2H3/t37-,41+,47-,49+,50+,51+/m0/s1. The maximum absolute atomic E-state index is 14.8. The largest absolute Gasteiger partial charge is 0.489 e. The number of fused-ring (bicyclic) bond motifs is 2. The molecule has 64 heavy (non-hydrogen) atoms. The maximum atomic E-state index is 14.8. The number of rotatable bonds is 21. The molecule has 2 N–H and O–H groups in total. The summed E-state index contributed by atoms with van der Waals surface area (Å²) in [5.41, 5.74) is 4.31. The molecule has 6 atom stereocenters. The molecule has 1 heterocycles. The third kappa shape index (κ3) is 10.3. The highest BCUT2D eigenvalue weighted by Gasteiger charge is 2.65. The van der Waals surface area contributed by atoms with E-state index in [4.69, 9.17) is 24.2 Å². The molecule has 0 radical (unpaired) electrons. The van der Waals surface area contributed by atoms with Gasteiger partial charge < -0.3 is 34.2 Å². The number of aliphatic hydroxyl groups excluding tert-OH is 2. The van der Waals surface area contributed by atoms with Crippen molar-refractivity contribution in [2.75, 3.05) is 26.9 Å². The Morgan fingerprint density at radius 3 is 2.44 bits per heavy atom. The topological polar surface area (TPSA) is 153 Å². The highest BCUT2D eigenvalue weighted by Crippen LogP contribution is 2.62. The molecule has 1 saturated carbocycles. The number of ether oxygens (including phenoxy) is 3. The van der Waals surface area contributed by atoms with Crippen LogP contribution >= 0.6 is 0 Å². The number of carbonyl (C=O) groups is 1. The average molecular weight is 874 g/mol. The minimum atomic E-state index is -1.47. The zero-order valence-corrected chi connectivity index (χ0v) is 36.1. The van der Waals surface area contributed by atoms with Crippen LogP contribution in [0.3, 0.4) is 0 Å². The fourth-order valence-corrected chi connectivity index (χ4v) is 9.50. The molecule has 0 saturated heterocycles.